The Hall–Kier alpha value is -4.77. The second kappa shape index (κ2) is 13.0. The Morgan fingerprint density at radius 2 is 1.65 bits per heavy atom. The number of carbonyl (C=O) groups is 4. The zero-order valence-electron chi connectivity index (χ0n) is 25.4. The molecule has 3 atom stereocenters. The first-order valence-corrected chi connectivity index (χ1v) is 17.8. The number of rotatable bonds is 9. The van der Waals surface area contributed by atoms with Crippen molar-refractivity contribution in [2.45, 2.75) is 34.6 Å². The van der Waals surface area contributed by atoms with Crippen molar-refractivity contribution in [3.05, 3.63) is 98.5 Å². The van der Waals surface area contributed by atoms with Crippen LogP contribution < -0.4 is 25.0 Å². The van der Waals surface area contributed by atoms with Crippen LogP contribution in [0.5, 0.6) is 5.75 Å². The third kappa shape index (κ3) is 6.03. The molecule has 1 saturated heterocycles. The van der Waals surface area contributed by atoms with E-state index in [1.807, 2.05) is 0 Å². The zero-order valence-corrected chi connectivity index (χ0v) is 27.9. The number of amides is 3. The molecule has 4 aromatic rings. The number of hydrogen-bond donors (Lipinski definition) is 2. The van der Waals surface area contributed by atoms with Crippen LogP contribution in [0.3, 0.4) is 0 Å². The monoisotopic (exact) mass is 708 g/mol. The molecule has 3 heterocycles. The van der Waals surface area contributed by atoms with Gasteiger partial charge in [0, 0.05) is 22.0 Å². The number of nitrogens with one attached hydrogen (secondary N) is 1. The van der Waals surface area contributed by atoms with Crippen molar-refractivity contribution in [3.8, 4) is 5.75 Å². The summed E-state index contributed by atoms with van der Waals surface area (Å²) < 4.78 is 35.1. The van der Waals surface area contributed by atoms with Gasteiger partial charge in [0.1, 0.15) is 17.5 Å². The van der Waals surface area contributed by atoms with Crippen molar-refractivity contribution in [2.24, 2.45) is 11.1 Å². The van der Waals surface area contributed by atoms with E-state index < -0.39 is 62.2 Å². The summed E-state index contributed by atoms with van der Waals surface area (Å²) in [4.78, 5) is 68.0. The number of imide groups is 1. The van der Waals surface area contributed by atoms with Gasteiger partial charge in [0.05, 0.1) is 40.8 Å². The van der Waals surface area contributed by atoms with Gasteiger partial charge in [0.2, 0.25) is 27.7 Å². The number of sulfonamides is 1. The molecule has 0 aliphatic carbocycles. The van der Waals surface area contributed by atoms with Crippen molar-refractivity contribution >= 4 is 68.2 Å². The van der Waals surface area contributed by atoms with E-state index in [1.54, 1.807) is 31.2 Å². The van der Waals surface area contributed by atoms with Crippen molar-refractivity contribution in [3.63, 3.8) is 0 Å². The Balaban J connectivity index is 1.36. The summed E-state index contributed by atoms with van der Waals surface area (Å²) in [7, 11) is -2.44. The van der Waals surface area contributed by atoms with Crippen molar-refractivity contribution in [2.75, 3.05) is 23.9 Å². The number of thiazole rings is 1. The molecule has 1 aromatic heterocycles. The lowest BCUT2D eigenvalue weighted by molar-refractivity contribution is -0.122. The minimum atomic E-state index is -3.93. The molecule has 16 heteroatoms. The van der Waals surface area contributed by atoms with Crippen LogP contribution in [0.15, 0.2) is 87.5 Å². The summed E-state index contributed by atoms with van der Waals surface area (Å²) in [5, 5.41) is 7.22. The van der Waals surface area contributed by atoms with Crippen LogP contribution in [-0.2, 0) is 35.7 Å². The molecule has 3 amide bonds. The molecule has 248 valence electrons. The molecule has 6 rings (SSSR count). The van der Waals surface area contributed by atoms with Crippen LogP contribution in [0.25, 0.3) is 0 Å². The number of nitrogens with zero attached hydrogens (tertiary/aromatic N) is 2. The maximum Gasteiger partial charge on any atom is 0.338 e. The first-order chi connectivity index (χ1) is 22.9. The first-order valence-electron chi connectivity index (χ1n) is 14.5. The minimum absolute atomic E-state index is 0.128. The van der Waals surface area contributed by atoms with Crippen LogP contribution >= 0.6 is 23.1 Å². The highest BCUT2D eigenvalue weighted by atomic mass is 32.2. The van der Waals surface area contributed by atoms with Crippen LogP contribution in [-0.4, -0.2) is 55.6 Å². The van der Waals surface area contributed by atoms with E-state index in [1.165, 1.54) is 60.2 Å². The third-order valence-corrected chi connectivity index (χ3v) is 11.5. The summed E-state index contributed by atoms with van der Waals surface area (Å²) >= 11 is 1.94. The number of ether oxygens (including phenoxy) is 2. The van der Waals surface area contributed by atoms with Gasteiger partial charge < -0.3 is 14.8 Å². The number of hydrogen-bond acceptors (Lipinski definition) is 11. The number of methoxy groups -OCH3 is 1. The molecule has 1 fully saturated rings. The predicted octanol–water partition coefficient (Wildman–Crippen LogP) is 3.18. The molecular weight excluding hydrogens is 681 g/mol. The van der Waals surface area contributed by atoms with Gasteiger partial charge in [-0.25, -0.2) is 23.3 Å². The molecule has 0 saturated carbocycles. The highest BCUT2D eigenvalue weighted by Crippen LogP contribution is 2.55. The van der Waals surface area contributed by atoms with E-state index in [2.05, 4.69) is 5.32 Å². The van der Waals surface area contributed by atoms with Gasteiger partial charge in [-0.3, -0.25) is 23.7 Å². The van der Waals surface area contributed by atoms with E-state index in [-0.39, 0.29) is 28.4 Å². The van der Waals surface area contributed by atoms with Gasteiger partial charge in [0.15, 0.2) is 0 Å². The third-order valence-electron chi connectivity index (χ3n) is 7.93. The number of nitrogens with two attached hydrogens (primary N) is 1. The summed E-state index contributed by atoms with van der Waals surface area (Å²) in [6.07, 6.45) is 0. The molecule has 2 aliphatic rings. The highest BCUT2D eigenvalue weighted by molar-refractivity contribution is 8.00. The number of thioether (sulfide) groups is 1. The van der Waals surface area contributed by atoms with Gasteiger partial charge in [0.25, 0.3) is 0 Å². The lowest BCUT2D eigenvalue weighted by Gasteiger charge is -2.31. The van der Waals surface area contributed by atoms with Crippen LogP contribution in [0.2, 0.25) is 0 Å². The second-order valence-electron chi connectivity index (χ2n) is 10.8. The van der Waals surface area contributed by atoms with E-state index in [4.69, 9.17) is 14.6 Å². The van der Waals surface area contributed by atoms with E-state index >= 15 is 0 Å². The molecule has 3 aromatic carbocycles. The largest absolute Gasteiger partial charge is 0.496 e. The Labute approximate surface area is 282 Å². The molecule has 3 N–H and O–H groups in total. The average Bonchev–Trinajstić information content (AvgIpc) is 3.50. The summed E-state index contributed by atoms with van der Waals surface area (Å²) in [5.74, 6) is -3.29. The molecule has 0 bridgehead atoms. The number of para-hydroxylation sites is 1. The number of benzene rings is 3. The van der Waals surface area contributed by atoms with E-state index in [9.17, 15) is 32.4 Å². The second-order valence-corrected chi connectivity index (χ2v) is 14.5. The molecule has 0 radical (unpaired) electrons. The van der Waals surface area contributed by atoms with Crippen LogP contribution in [0.4, 0.5) is 11.4 Å². The molecular formula is C32H28N4O9S3. The smallest absolute Gasteiger partial charge is 0.338 e. The van der Waals surface area contributed by atoms with Gasteiger partial charge >= 0.3 is 10.8 Å². The Bertz CT molecular complexity index is 2110. The van der Waals surface area contributed by atoms with Gasteiger partial charge in [-0.15, -0.1) is 0 Å². The number of esters is 1. The van der Waals surface area contributed by atoms with Crippen molar-refractivity contribution < 1.29 is 37.1 Å². The lowest BCUT2D eigenvalue weighted by atomic mass is 9.82. The Morgan fingerprint density at radius 3 is 2.29 bits per heavy atom. The highest BCUT2D eigenvalue weighted by Gasteiger charge is 2.57. The fourth-order valence-electron chi connectivity index (χ4n) is 5.80. The maximum atomic E-state index is 14.2. The Kier molecular flexibility index (Phi) is 9.00. The molecule has 3 unspecified atom stereocenters. The molecule has 0 spiro atoms. The minimum Gasteiger partial charge on any atom is -0.496 e. The molecule has 2 aliphatic heterocycles. The standard InChI is InChI=1S/C32H28N4O9S3/c1-3-45-31(40)17-8-12-19(13-9-17)36-28(38)25-24(21-6-4-5-7-22(21)44-2)27-30(46-26(25)29(36)39)35(32(41)47-27)16-23(37)34-18-10-14-20(15-11-18)48(33,42)43/h4-15,24-26H,3,16H2,1-2H3,(H,34,37)(H2,33,42,43). The summed E-state index contributed by atoms with van der Waals surface area (Å²) in [5.41, 5.74) is 1.43. The normalized spacial score (nSPS) is 18.6. The van der Waals surface area contributed by atoms with Gasteiger partial charge in [-0.2, -0.15) is 0 Å². The van der Waals surface area contributed by atoms with Crippen molar-refractivity contribution in [1.29, 1.82) is 0 Å². The average molecular weight is 709 g/mol. The van der Waals surface area contributed by atoms with Crippen molar-refractivity contribution in [1.82, 2.24) is 4.57 Å². The zero-order chi connectivity index (χ0) is 34.3. The lowest BCUT2D eigenvalue weighted by Crippen LogP contribution is -2.33. The summed E-state index contributed by atoms with van der Waals surface area (Å²) in [6.45, 7) is 1.47. The predicted molar refractivity (Wildman–Crippen MR) is 178 cm³/mol. The fraction of sp³-hybridized carbons (Fsp3) is 0.219. The number of fused-ring (bicyclic) bond motifs is 2. The quantitative estimate of drug-likeness (QED) is 0.193. The Morgan fingerprint density at radius 1 is 0.958 bits per heavy atom. The van der Waals surface area contributed by atoms with Gasteiger partial charge in [-0.05, 0) is 61.5 Å². The molecule has 48 heavy (non-hydrogen) atoms. The topological polar surface area (TPSA) is 184 Å². The van der Waals surface area contributed by atoms with E-state index in [0.717, 1.165) is 28.0 Å². The first kappa shape index (κ1) is 33.1. The van der Waals surface area contributed by atoms with Gasteiger partial charge in [-0.1, -0.05) is 41.3 Å². The number of aromatic nitrogens is 1. The van der Waals surface area contributed by atoms with Crippen LogP contribution in [0, 0.1) is 5.92 Å². The van der Waals surface area contributed by atoms with Crippen LogP contribution in [0.1, 0.15) is 33.6 Å². The fourth-order valence-corrected chi connectivity index (χ4v) is 9.08. The van der Waals surface area contributed by atoms with E-state index in [0.29, 0.717) is 21.2 Å². The maximum absolute atomic E-state index is 14.2. The molecule has 13 nitrogen and oxygen atoms in total. The number of primary sulfonamides is 1. The number of anilines is 2. The SMILES string of the molecule is CCOC(=O)c1ccc(N2C(=O)C3Sc4c(sc(=O)n4CC(=O)Nc4ccc(S(N)(=O)=O)cc4)C(c4ccccc4OC)C3C2=O)cc1. The number of carbonyl (C=O) groups excluding carboxylic acids is 4. The summed E-state index contributed by atoms with van der Waals surface area (Å²) in [6, 6.07) is 18.3.